The summed E-state index contributed by atoms with van der Waals surface area (Å²) in [5, 5.41) is 3.90. The molecule has 0 spiro atoms. The van der Waals surface area contributed by atoms with Gasteiger partial charge in [-0.05, 0) is 85.4 Å². The Morgan fingerprint density at radius 2 is 1.85 bits per heavy atom. The molecule has 2 aromatic carbocycles. The Hall–Kier alpha value is -2.73. The summed E-state index contributed by atoms with van der Waals surface area (Å²) < 4.78 is 14.1. The minimum atomic E-state index is -0.303. The van der Waals surface area contributed by atoms with E-state index in [1.54, 1.807) is 12.1 Å². The summed E-state index contributed by atoms with van der Waals surface area (Å²) in [6, 6.07) is 15.4. The SMILES string of the molecule is O=C(Nc1ccc(F)cc1C1CCN(C/C=C/c2ccc(Cl)cc2)CC1)c1ccnc(Cl)c1. The first-order valence-corrected chi connectivity index (χ1v) is 11.6. The van der Waals surface area contributed by atoms with Crippen molar-refractivity contribution in [1.29, 1.82) is 0 Å². The first-order chi connectivity index (χ1) is 16.0. The lowest BCUT2D eigenvalue weighted by Crippen LogP contribution is -2.33. The number of pyridine rings is 1. The number of hydrogen-bond acceptors (Lipinski definition) is 3. The van der Waals surface area contributed by atoms with Crippen molar-refractivity contribution in [3.8, 4) is 0 Å². The first kappa shape index (κ1) is 23.4. The van der Waals surface area contributed by atoms with Gasteiger partial charge in [0.2, 0.25) is 0 Å². The monoisotopic (exact) mass is 483 g/mol. The maximum atomic E-state index is 14.1. The van der Waals surface area contributed by atoms with Gasteiger partial charge in [-0.3, -0.25) is 9.69 Å². The molecule has 1 N–H and O–H groups in total. The lowest BCUT2D eigenvalue weighted by atomic mass is 9.88. The maximum Gasteiger partial charge on any atom is 0.255 e. The molecular formula is C26H24Cl2FN3O. The van der Waals surface area contributed by atoms with Gasteiger partial charge in [-0.25, -0.2) is 9.37 Å². The molecule has 3 aromatic rings. The minimum Gasteiger partial charge on any atom is -0.322 e. The Kier molecular flexibility index (Phi) is 7.76. The number of rotatable bonds is 6. The van der Waals surface area contributed by atoms with Crippen LogP contribution in [0.2, 0.25) is 10.2 Å². The van der Waals surface area contributed by atoms with Gasteiger partial charge in [-0.1, -0.05) is 47.5 Å². The van der Waals surface area contributed by atoms with Crippen LogP contribution >= 0.6 is 23.2 Å². The van der Waals surface area contributed by atoms with Crippen molar-refractivity contribution < 1.29 is 9.18 Å². The highest BCUT2D eigenvalue weighted by atomic mass is 35.5. The summed E-state index contributed by atoms with van der Waals surface area (Å²) in [6.45, 7) is 2.66. The molecule has 7 heteroatoms. The third-order valence-corrected chi connectivity index (χ3v) is 6.28. The average Bonchev–Trinajstić information content (AvgIpc) is 2.82. The maximum absolute atomic E-state index is 14.1. The zero-order chi connectivity index (χ0) is 23.2. The fourth-order valence-electron chi connectivity index (χ4n) is 4.06. The van der Waals surface area contributed by atoms with Crippen molar-refractivity contribution in [2.45, 2.75) is 18.8 Å². The van der Waals surface area contributed by atoms with Crippen LogP contribution in [0.5, 0.6) is 0 Å². The number of hydrogen-bond donors (Lipinski definition) is 1. The molecule has 2 heterocycles. The molecule has 1 amide bonds. The predicted molar refractivity (Wildman–Crippen MR) is 133 cm³/mol. The number of likely N-dealkylation sites (tertiary alicyclic amines) is 1. The molecule has 0 aliphatic carbocycles. The summed E-state index contributed by atoms with van der Waals surface area (Å²) in [6.07, 6.45) is 7.51. The van der Waals surface area contributed by atoms with Gasteiger partial charge in [0.1, 0.15) is 11.0 Å². The predicted octanol–water partition coefficient (Wildman–Crippen LogP) is 6.67. The fraction of sp³-hybridized carbons (Fsp3) is 0.231. The molecular weight excluding hydrogens is 460 g/mol. The molecule has 0 saturated carbocycles. The number of piperidine rings is 1. The first-order valence-electron chi connectivity index (χ1n) is 10.8. The van der Waals surface area contributed by atoms with Crippen LogP contribution in [0.3, 0.4) is 0 Å². The van der Waals surface area contributed by atoms with Crippen LogP contribution in [-0.2, 0) is 0 Å². The van der Waals surface area contributed by atoms with Crippen LogP contribution in [0, 0.1) is 5.82 Å². The molecule has 4 rings (SSSR count). The fourth-order valence-corrected chi connectivity index (χ4v) is 4.36. The highest BCUT2D eigenvalue weighted by Gasteiger charge is 2.23. The summed E-state index contributed by atoms with van der Waals surface area (Å²) in [7, 11) is 0. The van der Waals surface area contributed by atoms with Gasteiger partial charge >= 0.3 is 0 Å². The Morgan fingerprint density at radius 3 is 2.58 bits per heavy atom. The van der Waals surface area contributed by atoms with E-state index in [4.69, 9.17) is 23.2 Å². The van der Waals surface area contributed by atoms with Crippen LogP contribution in [0.1, 0.15) is 40.2 Å². The minimum absolute atomic E-state index is 0.175. The van der Waals surface area contributed by atoms with E-state index in [1.165, 1.54) is 24.4 Å². The van der Waals surface area contributed by atoms with E-state index >= 15 is 0 Å². The second-order valence-electron chi connectivity index (χ2n) is 8.08. The van der Waals surface area contributed by atoms with Gasteiger partial charge in [0.15, 0.2) is 0 Å². The molecule has 33 heavy (non-hydrogen) atoms. The van der Waals surface area contributed by atoms with Gasteiger partial charge in [0.25, 0.3) is 5.91 Å². The van der Waals surface area contributed by atoms with Gasteiger partial charge in [-0.2, -0.15) is 0 Å². The molecule has 0 radical (unpaired) electrons. The van der Waals surface area contributed by atoms with Crippen molar-refractivity contribution in [2.75, 3.05) is 25.0 Å². The number of nitrogens with zero attached hydrogens (tertiary/aromatic N) is 2. The lowest BCUT2D eigenvalue weighted by molar-refractivity contribution is 0.102. The summed E-state index contributed by atoms with van der Waals surface area (Å²) in [5.74, 6) is -0.422. The average molecular weight is 484 g/mol. The van der Waals surface area contributed by atoms with Crippen LogP contribution in [-0.4, -0.2) is 35.4 Å². The van der Waals surface area contributed by atoms with Crippen molar-refractivity contribution in [3.05, 3.63) is 99.6 Å². The summed E-state index contributed by atoms with van der Waals surface area (Å²) in [4.78, 5) is 19.0. The Balaban J connectivity index is 1.38. The van der Waals surface area contributed by atoms with Crippen molar-refractivity contribution in [1.82, 2.24) is 9.88 Å². The van der Waals surface area contributed by atoms with Crippen molar-refractivity contribution in [2.24, 2.45) is 0 Å². The van der Waals surface area contributed by atoms with Crippen LogP contribution in [0.4, 0.5) is 10.1 Å². The zero-order valence-electron chi connectivity index (χ0n) is 18.0. The topological polar surface area (TPSA) is 45.2 Å². The molecule has 1 fully saturated rings. The zero-order valence-corrected chi connectivity index (χ0v) is 19.5. The number of anilines is 1. The highest BCUT2D eigenvalue weighted by Crippen LogP contribution is 2.34. The van der Waals surface area contributed by atoms with Crippen LogP contribution < -0.4 is 5.32 Å². The molecule has 0 bridgehead atoms. The van der Waals surface area contributed by atoms with E-state index in [2.05, 4.69) is 27.4 Å². The number of halogens is 3. The van der Waals surface area contributed by atoms with Gasteiger partial charge in [-0.15, -0.1) is 0 Å². The number of carbonyl (C=O) groups is 1. The molecule has 1 aliphatic heterocycles. The van der Waals surface area contributed by atoms with Crippen LogP contribution in [0.25, 0.3) is 6.08 Å². The number of aromatic nitrogens is 1. The number of nitrogens with one attached hydrogen (secondary N) is 1. The normalized spacial score (nSPS) is 15.1. The van der Waals surface area contributed by atoms with E-state index in [-0.39, 0.29) is 22.8 Å². The van der Waals surface area contributed by atoms with E-state index in [9.17, 15) is 9.18 Å². The Morgan fingerprint density at radius 1 is 1.09 bits per heavy atom. The van der Waals surface area contributed by atoms with E-state index in [1.807, 2.05) is 24.3 Å². The third kappa shape index (κ3) is 6.41. The Labute approximate surface area is 203 Å². The standard InChI is InChI=1S/C26H24Cl2FN3O/c27-21-5-3-18(4-6-21)2-1-13-32-14-10-19(11-15-32)23-17-22(29)7-8-24(23)31-26(33)20-9-12-30-25(28)16-20/h1-9,12,16-17,19H,10-11,13-15H2,(H,31,33)/b2-1+. The number of benzene rings is 2. The molecule has 0 atom stereocenters. The lowest BCUT2D eigenvalue weighted by Gasteiger charge is -2.32. The van der Waals surface area contributed by atoms with Crippen molar-refractivity contribution >= 4 is 40.9 Å². The smallest absolute Gasteiger partial charge is 0.255 e. The molecule has 1 aromatic heterocycles. The number of amides is 1. The quantitative estimate of drug-likeness (QED) is 0.398. The second kappa shape index (κ2) is 10.9. The molecule has 1 aliphatic rings. The summed E-state index contributed by atoms with van der Waals surface area (Å²) >= 11 is 11.8. The second-order valence-corrected chi connectivity index (χ2v) is 8.91. The number of carbonyl (C=O) groups excluding carboxylic acids is 1. The van der Waals surface area contributed by atoms with Gasteiger partial charge in [0.05, 0.1) is 0 Å². The molecule has 4 nitrogen and oxygen atoms in total. The molecule has 1 saturated heterocycles. The van der Waals surface area contributed by atoms with Crippen molar-refractivity contribution in [3.63, 3.8) is 0 Å². The van der Waals surface area contributed by atoms with Crippen LogP contribution in [0.15, 0.2) is 66.9 Å². The molecule has 170 valence electrons. The summed E-state index contributed by atoms with van der Waals surface area (Å²) in [5.41, 5.74) is 2.99. The van der Waals surface area contributed by atoms with E-state index in [0.717, 1.165) is 48.6 Å². The Bertz CT molecular complexity index is 1140. The molecule has 0 unspecified atom stereocenters. The largest absolute Gasteiger partial charge is 0.322 e. The van der Waals surface area contributed by atoms with Gasteiger partial charge in [0, 0.05) is 29.0 Å². The third-order valence-electron chi connectivity index (χ3n) is 5.82. The highest BCUT2D eigenvalue weighted by molar-refractivity contribution is 6.30. The van der Waals surface area contributed by atoms with Gasteiger partial charge < -0.3 is 5.32 Å². The van der Waals surface area contributed by atoms with E-state index < -0.39 is 0 Å². The van der Waals surface area contributed by atoms with E-state index in [0.29, 0.717) is 11.3 Å².